The fourth-order valence-electron chi connectivity index (χ4n) is 2.10. The fourth-order valence-corrected chi connectivity index (χ4v) is 3.19. The third kappa shape index (κ3) is 3.03. The highest BCUT2D eigenvalue weighted by atomic mass is 32.1. The van der Waals surface area contributed by atoms with Gasteiger partial charge in [0.25, 0.3) is 0 Å². The van der Waals surface area contributed by atoms with Crippen molar-refractivity contribution in [2.45, 2.75) is 32.1 Å². The summed E-state index contributed by atoms with van der Waals surface area (Å²) in [7, 11) is 0. The minimum atomic E-state index is 0.458. The quantitative estimate of drug-likeness (QED) is 0.841. The van der Waals surface area contributed by atoms with Gasteiger partial charge in [0, 0.05) is 23.4 Å². The van der Waals surface area contributed by atoms with Crippen molar-refractivity contribution in [3.8, 4) is 0 Å². The zero-order valence-corrected chi connectivity index (χ0v) is 10.7. The predicted molar refractivity (Wildman–Crippen MR) is 68.9 cm³/mol. The van der Waals surface area contributed by atoms with E-state index in [-0.39, 0.29) is 0 Å². The summed E-state index contributed by atoms with van der Waals surface area (Å²) < 4.78 is 0. The molecule has 1 unspecified atom stereocenters. The van der Waals surface area contributed by atoms with Crippen molar-refractivity contribution in [2.75, 3.05) is 19.6 Å². The molecule has 0 radical (unpaired) electrons. The van der Waals surface area contributed by atoms with E-state index in [1.165, 1.54) is 35.8 Å². The van der Waals surface area contributed by atoms with Crippen LogP contribution in [0, 0.1) is 5.92 Å². The molecule has 3 nitrogen and oxygen atoms in total. The number of nitrogens with one attached hydrogen (secondary N) is 1. The Balaban J connectivity index is 1.91. The first-order valence-corrected chi connectivity index (χ1v) is 6.96. The van der Waals surface area contributed by atoms with Crippen LogP contribution in [-0.2, 0) is 6.42 Å². The maximum absolute atomic E-state index is 5.67. The number of hydrogen-bond acceptors (Lipinski definition) is 4. The van der Waals surface area contributed by atoms with E-state index in [0.717, 1.165) is 18.9 Å². The summed E-state index contributed by atoms with van der Waals surface area (Å²) in [5.41, 5.74) is 5.67. The molecule has 1 saturated heterocycles. The highest BCUT2D eigenvalue weighted by Gasteiger charge is 2.16. The van der Waals surface area contributed by atoms with Crippen LogP contribution >= 0.6 is 11.3 Å². The minimum Gasteiger partial charge on any atom is -0.330 e. The van der Waals surface area contributed by atoms with E-state index in [0.29, 0.717) is 5.92 Å². The Morgan fingerprint density at radius 2 is 2.31 bits per heavy atom. The third-order valence-corrected chi connectivity index (χ3v) is 4.58. The van der Waals surface area contributed by atoms with Crippen LogP contribution in [0.4, 0.5) is 0 Å². The summed E-state index contributed by atoms with van der Waals surface area (Å²) in [6.07, 6.45) is 5.75. The van der Waals surface area contributed by atoms with E-state index in [4.69, 9.17) is 5.73 Å². The van der Waals surface area contributed by atoms with Crippen LogP contribution in [-0.4, -0.2) is 24.6 Å². The first kappa shape index (κ1) is 12.0. The van der Waals surface area contributed by atoms with Crippen molar-refractivity contribution in [2.24, 2.45) is 11.7 Å². The van der Waals surface area contributed by atoms with Gasteiger partial charge in [-0.3, -0.25) is 0 Å². The minimum absolute atomic E-state index is 0.458. The molecule has 0 aliphatic carbocycles. The zero-order chi connectivity index (χ0) is 11.4. The van der Waals surface area contributed by atoms with Gasteiger partial charge in [-0.25, -0.2) is 4.98 Å². The molecule has 1 atom stereocenters. The molecule has 1 aromatic heterocycles. The largest absolute Gasteiger partial charge is 0.330 e. The van der Waals surface area contributed by atoms with Crippen LogP contribution in [0.25, 0.3) is 0 Å². The lowest BCUT2D eigenvalue weighted by molar-refractivity contribution is 0.372. The molecule has 1 fully saturated rings. The molecular formula is C12H21N3S. The van der Waals surface area contributed by atoms with Crippen LogP contribution in [0.15, 0.2) is 6.20 Å². The molecule has 2 heterocycles. The summed E-state index contributed by atoms with van der Waals surface area (Å²) in [6, 6.07) is 0. The van der Waals surface area contributed by atoms with Gasteiger partial charge in [0.1, 0.15) is 0 Å². The maximum Gasteiger partial charge on any atom is 0.0930 e. The Labute approximate surface area is 101 Å². The zero-order valence-electron chi connectivity index (χ0n) is 9.91. The van der Waals surface area contributed by atoms with Crippen LogP contribution in [0.3, 0.4) is 0 Å². The van der Waals surface area contributed by atoms with Gasteiger partial charge in [-0.05, 0) is 38.4 Å². The predicted octanol–water partition coefficient (Wildman–Crippen LogP) is 1.75. The number of hydrogen-bond donors (Lipinski definition) is 2. The molecule has 0 aromatic carbocycles. The molecule has 3 N–H and O–H groups in total. The van der Waals surface area contributed by atoms with E-state index < -0.39 is 0 Å². The Morgan fingerprint density at radius 3 is 3.00 bits per heavy atom. The second kappa shape index (κ2) is 5.75. The lowest BCUT2D eigenvalue weighted by Gasteiger charge is -2.21. The molecule has 0 bridgehead atoms. The molecule has 90 valence electrons. The second-order valence-electron chi connectivity index (χ2n) is 4.69. The SMILES string of the molecule is CC(CN)c1cnc(CC2CCNCC2)s1. The van der Waals surface area contributed by atoms with E-state index in [1.54, 1.807) is 0 Å². The van der Waals surface area contributed by atoms with Crippen molar-refractivity contribution in [1.29, 1.82) is 0 Å². The normalized spacial score (nSPS) is 19.9. The summed E-state index contributed by atoms with van der Waals surface area (Å²) in [5.74, 6) is 1.28. The maximum atomic E-state index is 5.67. The van der Waals surface area contributed by atoms with Gasteiger partial charge in [-0.2, -0.15) is 0 Å². The smallest absolute Gasteiger partial charge is 0.0930 e. The van der Waals surface area contributed by atoms with Crippen LogP contribution in [0.1, 0.15) is 35.6 Å². The molecule has 16 heavy (non-hydrogen) atoms. The third-order valence-electron chi connectivity index (χ3n) is 3.33. The lowest BCUT2D eigenvalue weighted by Crippen LogP contribution is -2.28. The number of nitrogens with two attached hydrogens (primary N) is 1. The molecule has 1 aliphatic heterocycles. The molecule has 1 aliphatic rings. The van der Waals surface area contributed by atoms with Gasteiger partial charge < -0.3 is 11.1 Å². The van der Waals surface area contributed by atoms with Crippen LogP contribution in [0.5, 0.6) is 0 Å². The van der Waals surface area contributed by atoms with Gasteiger partial charge in [0.2, 0.25) is 0 Å². The highest BCUT2D eigenvalue weighted by molar-refractivity contribution is 7.11. The van der Waals surface area contributed by atoms with Crippen molar-refractivity contribution < 1.29 is 0 Å². The number of piperidine rings is 1. The second-order valence-corrected chi connectivity index (χ2v) is 5.84. The average Bonchev–Trinajstić information content (AvgIpc) is 2.78. The summed E-state index contributed by atoms with van der Waals surface area (Å²) >= 11 is 1.85. The van der Waals surface area contributed by atoms with Gasteiger partial charge in [-0.1, -0.05) is 6.92 Å². The summed E-state index contributed by atoms with van der Waals surface area (Å²) in [5, 5.41) is 4.69. The first-order chi connectivity index (χ1) is 7.79. The molecule has 0 saturated carbocycles. The Bertz CT molecular complexity index is 318. The number of rotatable bonds is 4. The summed E-state index contributed by atoms with van der Waals surface area (Å²) in [4.78, 5) is 5.86. The summed E-state index contributed by atoms with van der Waals surface area (Å²) in [6.45, 7) is 5.22. The molecular weight excluding hydrogens is 218 g/mol. The topological polar surface area (TPSA) is 50.9 Å². The van der Waals surface area contributed by atoms with Crippen molar-refractivity contribution in [3.63, 3.8) is 0 Å². The Morgan fingerprint density at radius 1 is 1.56 bits per heavy atom. The Hall–Kier alpha value is -0.450. The van der Waals surface area contributed by atoms with Gasteiger partial charge in [0.15, 0.2) is 0 Å². The fraction of sp³-hybridized carbons (Fsp3) is 0.750. The molecule has 0 spiro atoms. The van der Waals surface area contributed by atoms with Crippen molar-refractivity contribution >= 4 is 11.3 Å². The number of thiazole rings is 1. The molecule has 4 heteroatoms. The molecule has 2 rings (SSSR count). The average molecular weight is 239 g/mol. The highest BCUT2D eigenvalue weighted by Crippen LogP contribution is 2.25. The van der Waals surface area contributed by atoms with Crippen molar-refractivity contribution in [1.82, 2.24) is 10.3 Å². The molecule has 0 amide bonds. The standard InChI is InChI=1S/C12H21N3S/c1-9(7-13)11-8-15-12(16-11)6-10-2-4-14-5-3-10/h8-10,14H,2-7,13H2,1H3. The van der Waals surface area contributed by atoms with Crippen LogP contribution in [0.2, 0.25) is 0 Å². The van der Waals surface area contributed by atoms with E-state index in [9.17, 15) is 0 Å². The number of nitrogens with zero attached hydrogens (tertiary/aromatic N) is 1. The Kier molecular flexibility index (Phi) is 4.32. The van der Waals surface area contributed by atoms with Gasteiger partial charge >= 0.3 is 0 Å². The monoisotopic (exact) mass is 239 g/mol. The van der Waals surface area contributed by atoms with Crippen molar-refractivity contribution in [3.05, 3.63) is 16.1 Å². The van der Waals surface area contributed by atoms with Gasteiger partial charge in [0.05, 0.1) is 5.01 Å². The van der Waals surface area contributed by atoms with E-state index >= 15 is 0 Å². The first-order valence-electron chi connectivity index (χ1n) is 6.15. The number of aromatic nitrogens is 1. The van der Waals surface area contributed by atoms with Gasteiger partial charge in [-0.15, -0.1) is 11.3 Å². The lowest BCUT2D eigenvalue weighted by atomic mass is 9.95. The van der Waals surface area contributed by atoms with E-state index in [1.807, 2.05) is 17.5 Å². The molecule has 1 aromatic rings. The van der Waals surface area contributed by atoms with E-state index in [2.05, 4.69) is 17.2 Å². The van der Waals surface area contributed by atoms with Crippen LogP contribution < -0.4 is 11.1 Å².